The van der Waals surface area contributed by atoms with E-state index >= 15 is 0 Å². The molecule has 6 rings (SSSR count). The van der Waals surface area contributed by atoms with Crippen molar-refractivity contribution in [2.75, 3.05) is 0 Å². The van der Waals surface area contributed by atoms with Crippen LogP contribution in [0.1, 0.15) is 0 Å². The summed E-state index contributed by atoms with van der Waals surface area (Å²) in [5, 5.41) is 13.6. The zero-order valence-electron chi connectivity index (χ0n) is 7.04. The van der Waals surface area contributed by atoms with Crippen molar-refractivity contribution in [2.45, 2.75) is 0 Å². The lowest BCUT2D eigenvalue weighted by molar-refractivity contribution is -0.742. The molecule has 72 valence electrons. The molecule has 0 radical (unpaired) electrons. The lowest BCUT2D eigenvalue weighted by atomic mass is 9.01. The van der Waals surface area contributed by atoms with Gasteiger partial charge in [-0.1, -0.05) is 0 Å². The molecule has 4 N–H and O–H groups in total. The van der Waals surface area contributed by atoms with Gasteiger partial charge in [-0.15, -0.1) is 10.1 Å². The van der Waals surface area contributed by atoms with Gasteiger partial charge in [0.2, 0.25) is 0 Å². The molecule has 6 aliphatic rings. The third kappa shape index (κ3) is 0.421. The highest BCUT2D eigenvalue weighted by atomic mass is 16.9. The maximum atomic E-state index is 8.36. The van der Waals surface area contributed by atoms with Crippen molar-refractivity contribution in [3.05, 3.63) is 10.1 Å². The summed E-state index contributed by atoms with van der Waals surface area (Å²) in [5.74, 6) is 10.7. The maximum absolute atomic E-state index is 8.36. The van der Waals surface area contributed by atoms with Crippen LogP contribution in [0.4, 0.5) is 0 Å². The van der Waals surface area contributed by atoms with Crippen molar-refractivity contribution in [1.82, 2.24) is 6.15 Å². The molecule has 0 aliphatic heterocycles. The molecular weight excluding hydrogens is 172 g/mol. The van der Waals surface area contributed by atoms with Gasteiger partial charge >= 0.3 is 0 Å². The molecule has 0 amide bonds. The largest absolute Gasteiger partial charge is 0.344 e. The quantitative estimate of drug-likeness (QED) is 0.429. The van der Waals surface area contributed by atoms with E-state index in [-0.39, 0.29) is 6.15 Å². The van der Waals surface area contributed by atoms with Crippen LogP contribution in [0.5, 0.6) is 0 Å². The van der Waals surface area contributed by atoms with Crippen LogP contribution in [-0.4, -0.2) is 10.3 Å². The van der Waals surface area contributed by atoms with Crippen LogP contribution in [0.15, 0.2) is 0 Å². The van der Waals surface area contributed by atoms with Crippen molar-refractivity contribution in [1.29, 1.82) is 0 Å². The molecule has 6 saturated carbocycles. The van der Waals surface area contributed by atoms with Crippen molar-refractivity contribution in [3.63, 3.8) is 0 Å². The Hall–Kier alpha value is -0.840. The van der Waals surface area contributed by atoms with E-state index in [0.29, 0.717) is 0 Å². The molecule has 0 atom stereocenters. The van der Waals surface area contributed by atoms with Gasteiger partial charge in [0.05, 0.1) is 0 Å². The Morgan fingerprint density at radius 1 is 0.846 bits per heavy atom. The molecule has 0 aromatic heterocycles. The summed E-state index contributed by atoms with van der Waals surface area (Å²) >= 11 is 0. The topological polar surface area (TPSA) is 98.4 Å². The van der Waals surface area contributed by atoms with Crippen molar-refractivity contribution < 1.29 is 10.3 Å². The molecule has 0 saturated heterocycles. The van der Waals surface area contributed by atoms with Crippen LogP contribution in [-0.2, 0) is 0 Å². The summed E-state index contributed by atoms with van der Waals surface area (Å²) in [4.78, 5) is 8.36. The van der Waals surface area contributed by atoms with Crippen LogP contribution in [0.3, 0.4) is 0 Å². The Bertz CT molecular complexity index is 194. The first-order valence-electron chi connectivity index (χ1n) is 4.57. The minimum Gasteiger partial charge on any atom is -0.344 e. The van der Waals surface area contributed by atoms with Gasteiger partial charge < -0.3 is 11.4 Å². The van der Waals surface area contributed by atoms with E-state index in [9.17, 15) is 0 Å². The Kier molecular flexibility index (Phi) is 0.978. The van der Waals surface area contributed by atoms with Gasteiger partial charge in [-0.2, -0.15) is 0 Å². The summed E-state index contributed by atoms with van der Waals surface area (Å²) < 4.78 is 0. The molecule has 0 unspecified atom stereocenters. The molecule has 13 heavy (non-hydrogen) atoms. The van der Waals surface area contributed by atoms with E-state index in [1.165, 1.54) is 47.3 Å². The number of hydrogen-bond acceptors (Lipinski definition) is 3. The number of hydrogen-bond donors (Lipinski definition) is 2. The molecule has 0 bridgehead atoms. The highest BCUT2D eigenvalue weighted by molar-refractivity contribution is 5.44. The van der Waals surface area contributed by atoms with Crippen LogP contribution in [0.25, 0.3) is 0 Å². The zero-order chi connectivity index (χ0) is 8.20. The second-order valence-electron chi connectivity index (χ2n) is 4.86. The molecule has 0 aromatic carbocycles. The van der Waals surface area contributed by atoms with E-state index in [0.717, 1.165) is 0 Å². The highest BCUT2D eigenvalue weighted by Crippen LogP contribution is 3.00. The van der Waals surface area contributed by atoms with Gasteiger partial charge in [0.1, 0.15) is 0 Å². The third-order valence-corrected chi connectivity index (χ3v) is 5.33. The average molecular weight is 184 g/mol. The Balaban J connectivity index is 0.000000102. The fraction of sp³-hybridized carbons (Fsp3) is 1.00. The van der Waals surface area contributed by atoms with E-state index < -0.39 is 5.09 Å². The third-order valence-electron chi connectivity index (χ3n) is 5.33. The van der Waals surface area contributed by atoms with E-state index in [1.54, 1.807) is 0 Å². The maximum Gasteiger partial charge on any atom is 0.291 e. The molecule has 5 heteroatoms. The smallest absolute Gasteiger partial charge is 0.291 e. The Labute approximate surface area is 74.8 Å². The SMILES string of the molecule is C12C3C4C1C1C2C3C41.N.O=[N+]([O-])O. The second kappa shape index (κ2) is 1.68. The Morgan fingerprint density at radius 2 is 0.923 bits per heavy atom. The average Bonchev–Trinajstić information content (AvgIpc) is 2.05. The van der Waals surface area contributed by atoms with Gasteiger partial charge in [-0.25, -0.2) is 0 Å². The monoisotopic (exact) mass is 184 g/mol. The van der Waals surface area contributed by atoms with Gasteiger partial charge in [0.25, 0.3) is 5.09 Å². The summed E-state index contributed by atoms with van der Waals surface area (Å²) in [7, 11) is 0. The van der Waals surface area contributed by atoms with Gasteiger partial charge in [0, 0.05) is 0 Å². The fourth-order valence-corrected chi connectivity index (χ4v) is 5.29. The van der Waals surface area contributed by atoms with Gasteiger partial charge in [0.15, 0.2) is 0 Å². The predicted octanol–water partition coefficient (Wildman–Crippen LogP) is 0.798. The molecule has 0 spiro atoms. The van der Waals surface area contributed by atoms with Crippen LogP contribution < -0.4 is 6.15 Å². The lowest BCUT2D eigenvalue weighted by Gasteiger charge is -3.03. The lowest BCUT2D eigenvalue weighted by Crippen LogP contribution is -3.00. The van der Waals surface area contributed by atoms with E-state index in [4.69, 9.17) is 15.3 Å². The minimum atomic E-state index is -1.50. The number of rotatable bonds is 0. The van der Waals surface area contributed by atoms with Crippen molar-refractivity contribution in [2.24, 2.45) is 47.3 Å². The Morgan fingerprint density at radius 3 is 1.00 bits per heavy atom. The zero-order valence-corrected chi connectivity index (χ0v) is 7.04. The first kappa shape index (κ1) is 7.55. The van der Waals surface area contributed by atoms with Crippen molar-refractivity contribution >= 4 is 0 Å². The summed E-state index contributed by atoms with van der Waals surface area (Å²) in [6.07, 6.45) is 0. The molecule has 6 fully saturated rings. The van der Waals surface area contributed by atoms with Crippen LogP contribution >= 0.6 is 0 Å². The number of nitrogens with zero attached hydrogens (tertiary/aromatic N) is 1. The van der Waals surface area contributed by atoms with Crippen LogP contribution in [0.2, 0.25) is 0 Å². The summed E-state index contributed by atoms with van der Waals surface area (Å²) in [6.45, 7) is 0. The molecular formula is C8H12N2O3. The molecule has 6 aliphatic carbocycles. The predicted molar refractivity (Wildman–Crippen MR) is 41.7 cm³/mol. The summed E-state index contributed by atoms with van der Waals surface area (Å²) in [5.41, 5.74) is 0. The van der Waals surface area contributed by atoms with Crippen molar-refractivity contribution in [3.8, 4) is 0 Å². The second-order valence-corrected chi connectivity index (χ2v) is 4.86. The fourth-order valence-electron chi connectivity index (χ4n) is 5.29. The van der Waals surface area contributed by atoms with Gasteiger partial charge in [-0.3, -0.25) is 0 Å². The highest BCUT2D eigenvalue weighted by Gasteiger charge is 2.97. The normalized spacial score (nSPS) is 68.3. The van der Waals surface area contributed by atoms with E-state index in [2.05, 4.69) is 0 Å². The molecule has 0 heterocycles. The van der Waals surface area contributed by atoms with E-state index in [1.807, 2.05) is 0 Å². The molecule has 0 aromatic rings. The molecule has 5 nitrogen and oxygen atoms in total. The van der Waals surface area contributed by atoms with Gasteiger partial charge in [-0.05, 0) is 47.3 Å². The first-order chi connectivity index (χ1) is 5.73. The standard InChI is InChI=1S/C8H8.HNO3.H3N/c1-2-5-3(1)7-4(1)6(2)8(5)7;2-1(3)4;/h1-8H;(H,2,3,4);1H3. The van der Waals surface area contributed by atoms with Crippen LogP contribution in [0, 0.1) is 57.5 Å². The minimum absolute atomic E-state index is 0. The first-order valence-corrected chi connectivity index (χ1v) is 4.57. The summed E-state index contributed by atoms with van der Waals surface area (Å²) in [6, 6.07) is 0.